The fourth-order valence-electron chi connectivity index (χ4n) is 2.96. The Kier molecular flexibility index (Phi) is 9.86. The van der Waals surface area contributed by atoms with Crippen molar-refractivity contribution in [2.45, 2.75) is 26.2 Å². The average Bonchev–Trinajstić information content (AvgIpc) is 3.15. The van der Waals surface area contributed by atoms with E-state index in [1.807, 2.05) is 31.2 Å². The van der Waals surface area contributed by atoms with Crippen LogP contribution in [0.3, 0.4) is 0 Å². The first kappa shape index (κ1) is 23.6. The number of nitrogens with zero attached hydrogens (tertiary/aromatic N) is 1. The molecule has 0 aliphatic rings. The van der Waals surface area contributed by atoms with Gasteiger partial charge in [-0.2, -0.15) is 0 Å². The van der Waals surface area contributed by atoms with Gasteiger partial charge in [-0.05, 0) is 35.6 Å². The summed E-state index contributed by atoms with van der Waals surface area (Å²) in [6.45, 7) is 4.35. The monoisotopic (exact) mass is 525 g/mol. The minimum atomic E-state index is -0.578. The Morgan fingerprint density at radius 2 is 1.90 bits per heavy atom. The summed E-state index contributed by atoms with van der Waals surface area (Å²) >= 11 is 1.62. The zero-order chi connectivity index (χ0) is 19.8. The van der Waals surface area contributed by atoms with Crippen LogP contribution in [0.4, 0.5) is 0 Å². The molecule has 156 valence electrons. The molecular formula is C22H28IN3O2S. The first-order valence-electron chi connectivity index (χ1n) is 9.45. The molecule has 3 N–H and O–H groups in total. The molecule has 0 saturated heterocycles. The number of thiophene rings is 1. The van der Waals surface area contributed by atoms with Crippen LogP contribution in [0.2, 0.25) is 0 Å². The third-order valence-electron chi connectivity index (χ3n) is 4.30. The van der Waals surface area contributed by atoms with Gasteiger partial charge in [0.15, 0.2) is 5.96 Å². The van der Waals surface area contributed by atoms with E-state index >= 15 is 0 Å². The Hall–Kier alpha value is -1.68. The maximum Gasteiger partial charge on any atom is 0.191 e. The number of hydrogen-bond donors (Lipinski definition) is 3. The van der Waals surface area contributed by atoms with Crippen molar-refractivity contribution in [1.82, 2.24) is 10.6 Å². The number of benzene rings is 2. The van der Waals surface area contributed by atoms with Gasteiger partial charge < -0.3 is 20.5 Å². The maximum atomic E-state index is 10.6. The molecule has 1 heterocycles. The van der Waals surface area contributed by atoms with Crippen molar-refractivity contribution >= 4 is 51.4 Å². The smallest absolute Gasteiger partial charge is 0.191 e. The Morgan fingerprint density at radius 3 is 2.66 bits per heavy atom. The summed E-state index contributed by atoms with van der Waals surface area (Å²) < 4.78 is 6.38. The highest BCUT2D eigenvalue weighted by Gasteiger charge is 2.12. The van der Waals surface area contributed by atoms with E-state index in [9.17, 15) is 5.11 Å². The molecule has 3 rings (SSSR count). The van der Waals surface area contributed by atoms with Gasteiger partial charge in [0, 0.05) is 29.8 Å². The molecule has 0 aliphatic heterocycles. The predicted molar refractivity (Wildman–Crippen MR) is 132 cm³/mol. The van der Waals surface area contributed by atoms with E-state index < -0.39 is 6.10 Å². The molecule has 0 fully saturated rings. The Morgan fingerprint density at radius 1 is 1.10 bits per heavy atom. The number of aliphatic hydroxyl groups excluding tert-OH is 1. The number of aliphatic imine (C=N–C) groups is 1. The van der Waals surface area contributed by atoms with Gasteiger partial charge in [0.25, 0.3) is 0 Å². The minimum absolute atomic E-state index is 0. The van der Waals surface area contributed by atoms with Crippen molar-refractivity contribution in [2.75, 3.05) is 20.2 Å². The molecule has 1 unspecified atom stereocenters. The second kappa shape index (κ2) is 12.1. The summed E-state index contributed by atoms with van der Waals surface area (Å²) in [5.74, 6) is 0.694. The molecule has 0 spiro atoms. The summed E-state index contributed by atoms with van der Waals surface area (Å²) in [6, 6.07) is 18.4. The maximum absolute atomic E-state index is 10.6. The van der Waals surface area contributed by atoms with Crippen LogP contribution in [-0.4, -0.2) is 31.3 Å². The quantitative estimate of drug-likeness (QED) is 0.231. The summed E-state index contributed by atoms with van der Waals surface area (Å²) in [4.78, 5) is 5.59. The van der Waals surface area contributed by atoms with E-state index in [4.69, 9.17) is 4.74 Å². The minimum Gasteiger partial charge on any atom is -0.386 e. The van der Waals surface area contributed by atoms with Gasteiger partial charge in [-0.1, -0.05) is 42.5 Å². The number of rotatable bonds is 8. The van der Waals surface area contributed by atoms with E-state index in [0.29, 0.717) is 25.7 Å². The fourth-order valence-corrected chi connectivity index (χ4v) is 4.01. The number of halogens is 1. The topological polar surface area (TPSA) is 65.9 Å². The Balaban J connectivity index is 0.00000300. The van der Waals surface area contributed by atoms with Crippen molar-refractivity contribution in [3.05, 3.63) is 70.6 Å². The molecule has 0 saturated carbocycles. The SMILES string of the molecule is CCNC(=NCc1cccc(COC)c1)NCC(O)c1cc2ccccc2s1.I. The van der Waals surface area contributed by atoms with Crippen molar-refractivity contribution in [1.29, 1.82) is 0 Å². The summed E-state index contributed by atoms with van der Waals surface area (Å²) in [5, 5.41) is 18.2. The van der Waals surface area contributed by atoms with Crippen LogP contribution in [0.1, 0.15) is 29.0 Å². The van der Waals surface area contributed by atoms with E-state index in [1.165, 1.54) is 4.70 Å². The lowest BCUT2D eigenvalue weighted by Gasteiger charge is -2.14. The van der Waals surface area contributed by atoms with Gasteiger partial charge in [0.1, 0.15) is 6.10 Å². The standard InChI is InChI=1S/C22H27N3O2S.HI/c1-3-23-22(24-13-16-7-6-8-17(11-16)15-27-2)25-14-19(26)21-12-18-9-4-5-10-20(18)28-21;/h4-12,19,26H,3,13-15H2,1-2H3,(H2,23,24,25);1H. The normalized spacial score (nSPS) is 12.4. The van der Waals surface area contributed by atoms with Crippen LogP contribution >= 0.6 is 35.3 Å². The van der Waals surface area contributed by atoms with Gasteiger partial charge >= 0.3 is 0 Å². The zero-order valence-corrected chi connectivity index (χ0v) is 19.9. The van der Waals surface area contributed by atoms with Crippen LogP contribution in [0.25, 0.3) is 10.1 Å². The molecule has 1 atom stereocenters. The zero-order valence-electron chi connectivity index (χ0n) is 16.7. The van der Waals surface area contributed by atoms with Crippen LogP contribution in [0, 0.1) is 0 Å². The van der Waals surface area contributed by atoms with Crippen LogP contribution in [0.5, 0.6) is 0 Å². The molecule has 3 aromatic rings. The molecular weight excluding hydrogens is 497 g/mol. The van der Waals surface area contributed by atoms with E-state index in [1.54, 1.807) is 18.4 Å². The molecule has 0 radical (unpaired) electrons. The summed E-state index contributed by atoms with van der Waals surface area (Å²) in [7, 11) is 1.69. The number of guanidine groups is 1. The van der Waals surface area contributed by atoms with Crippen molar-refractivity contribution < 1.29 is 9.84 Å². The highest BCUT2D eigenvalue weighted by Crippen LogP contribution is 2.29. The first-order chi connectivity index (χ1) is 13.7. The van der Waals surface area contributed by atoms with Crippen molar-refractivity contribution in [2.24, 2.45) is 4.99 Å². The molecule has 1 aromatic heterocycles. The predicted octanol–water partition coefficient (Wildman–Crippen LogP) is 4.45. The number of fused-ring (bicyclic) bond motifs is 1. The average molecular weight is 525 g/mol. The van der Waals surface area contributed by atoms with Crippen LogP contribution in [0.15, 0.2) is 59.6 Å². The molecule has 29 heavy (non-hydrogen) atoms. The van der Waals surface area contributed by atoms with Gasteiger partial charge in [0.05, 0.1) is 13.2 Å². The lowest BCUT2D eigenvalue weighted by atomic mass is 10.1. The highest BCUT2D eigenvalue weighted by atomic mass is 127. The largest absolute Gasteiger partial charge is 0.386 e. The number of methoxy groups -OCH3 is 1. The summed E-state index contributed by atoms with van der Waals surface area (Å²) in [5.41, 5.74) is 2.25. The molecule has 0 aliphatic carbocycles. The van der Waals surface area contributed by atoms with E-state index in [2.05, 4.69) is 46.0 Å². The molecule has 7 heteroatoms. The Labute approximate surface area is 193 Å². The lowest BCUT2D eigenvalue weighted by molar-refractivity contribution is 0.184. The van der Waals surface area contributed by atoms with Crippen LogP contribution in [-0.2, 0) is 17.9 Å². The molecule has 2 aromatic carbocycles. The van der Waals surface area contributed by atoms with Gasteiger partial charge in [0.2, 0.25) is 0 Å². The van der Waals surface area contributed by atoms with Crippen molar-refractivity contribution in [3.63, 3.8) is 0 Å². The molecule has 0 amide bonds. The second-order valence-electron chi connectivity index (χ2n) is 6.53. The van der Waals surface area contributed by atoms with Gasteiger partial charge in [-0.15, -0.1) is 35.3 Å². The summed E-state index contributed by atoms with van der Waals surface area (Å²) in [6.07, 6.45) is -0.578. The van der Waals surface area contributed by atoms with Gasteiger partial charge in [-0.25, -0.2) is 4.99 Å². The first-order valence-corrected chi connectivity index (χ1v) is 10.3. The lowest BCUT2D eigenvalue weighted by Crippen LogP contribution is -2.39. The fraction of sp³-hybridized carbons (Fsp3) is 0.318. The number of nitrogens with one attached hydrogen (secondary N) is 2. The van der Waals surface area contributed by atoms with E-state index in [-0.39, 0.29) is 24.0 Å². The van der Waals surface area contributed by atoms with Crippen molar-refractivity contribution in [3.8, 4) is 0 Å². The van der Waals surface area contributed by atoms with Crippen LogP contribution < -0.4 is 10.6 Å². The number of hydrogen-bond acceptors (Lipinski definition) is 4. The molecule has 5 nitrogen and oxygen atoms in total. The number of ether oxygens (including phenoxy) is 1. The van der Waals surface area contributed by atoms with Gasteiger partial charge in [-0.3, -0.25) is 0 Å². The number of aliphatic hydroxyl groups is 1. The Bertz CT molecular complexity index is 896. The third kappa shape index (κ3) is 6.95. The molecule has 0 bridgehead atoms. The highest BCUT2D eigenvalue weighted by molar-refractivity contribution is 14.0. The van der Waals surface area contributed by atoms with E-state index in [0.717, 1.165) is 27.9 Å². The third-order valence-corrected chi connectivity index (χ3v) is 5.52. The second-order valence-corrected chi connectivity index (χ2v) is 7.65.